The summed E-state index contributed by atoms with van der Waals surface area (Å²) in [6.45, 7) is 2.01. The van der Waals surface area contributed by atoms with Crippen molar-refractivity contribution < 1.29 is 22.4 Å². The summed E-state index contributed by atoms with van der Waals surface area (Å²) in [5.74, 6) is 0.209. The quantitative estimate of drug-likeness (QED) is 0.459. The van der Waals surface area contributed by atoms with E-state index in [0.717, 1.165) is 23.4 Å². The Labute approximate surface area is 165 Å². The van der Waals surface area contributed by atoms with Crippen LogP contribution in [0.1, 0.15) is 16.9 Å². The van der Waals surface area contributed by atoms with Crippen LogP contribution in [0.25, 0.3) is 11.3 Å². The van der Waals surface area contributed by atoms with Crippen molar-refractivity contribution >= 4 is 17.8 Å². The molecule has 0 aliphatic heterocycles. The Kier molecular flexibility index (Phi) is 6.01. The Bertz CT molecular complexity index is 1010. The van der Waals surface area contributed by atoms with Crippen LogP contribution in [0.3, 0.4) is 0 Å². The number of anilines is 1. The van der Waals surface area contributed by atoms with Crippen molar-refractivity contribution in [3.8, 4) is 11.3 Å². The topological polar surface area (TPSA) is 66.6 Å². The molecule has 0 radical (unpaired) electrons. The summed E-state index contributed by atoms with van der Waals surface area (Å²) in [6.07, 6.45) is -3.15. The maximum absolute atomic E-state index is 12.8. The molecule has 0 bridgehead atoms. The number of nitrogens with one attached hydrogen (secondary N) is 2. The van der Waals surface area contributed by atoms with Gasteiger partial charge in [0.15, 0.2) is 0 Å². The summed E-state index contributed by atoms with van der Waals surface area (Å²) < 4.78 is 43.9. The predicted molar refractivity (Wildman–Crippen MR) is 105 cm³/mol. The van der Waals surface area contributed by atoms with E-state index in [2.05, 4.69) is 15.8 Å². The van der Waals surface area contributed by atoms with Crippen molar-refractivity contribution in [1.82, 2.24) is 5.43 Å². The molecular formula is C21H18F3N3O2. The average Bonchev–Trinajstić information content (AvgIpc) is 3.16. The van der Waals surface area contributed by atoms with Gasteiger partial charge in [-0.15, -0.1) is 0 Å². The van der Waals surface area contributed by atoms with Crippen LogP contribution in [0.4, 0.5) is 18.9 Å². The first-order valence-corrected chi connectivity index (χ1v) is 8.71. The summed E-state index contributed by atoms with van der Waals surface area (Å²) in [4.78, 5) is 11.8. The first kappa shape index (κ1) is 20.2. The van der Waals surface area contributed by atoms with Crippen molar-refractivity contribution in [3.63, 3.8) is 0 Å². The number of hydrogen-bond acceptors (Lipinski definition) is 4. The number of hydrazone groups is 1. The van der Waals surface area contributed by atoms with Gasteiger partial charge in [-0.05, 0) is 43.3 Å². The zero-order chi connectivity index (χ0) is 20.9. The molecule has 29 heavy (non-hydrogen) atoms. The molecule has 0 saturated heterocycles. The summed E-state index contributed by atoms with van der Waals surface area (Å²) in [6, 6.07) is 15.5. The molecular weight excluding hydrogens is 383 g/mol. The molecule has 0 spiro atoms. The zero-order valence-corrected chi connectivity index (χ0v) is 15.5. The van der Waals surface area contributed by atoms with Gasteiger partial charge in [-0.3, -0.25) is 4.79 Å². The van der Waals surface area contributed by atoms with Gasteiger partial charge in [0.05, 0.1) is 18.3 Å². The molecule has 8 heteroatoms. The molecule has 0 saturated carbocycles. The van der Waals surface area contributed by atoms with Crippen molar-refractivity contribution in [3.05, 3.63) is 77.6 Å². The largest absolute Gasteiger partial charge is 0.455 e. The minimum absolute atomic E-state index is 0.0358. The normalized spacial score (nSPS) is 11.6. The number of halogens is 3. The van der Waals surface area contributed by atoms with Gasteiger partial charge in [-0.2, -0.15) is 18.3 Å². The minimum atomic E-state index is -4.43. The lowest BCUT2D eigenvalue weighted by molar-refractivity contribution is -0.137. The predicted octanol–water partition coefficient (Wildman–Crippen LogP) is 4.84. The minimum Gasteiger partial charge on any atom is -0.455 e. The molecule has 0 atom stereocenters. The first-order valence-electron chi connectivity index (χ1n) is 8.71. The van der Waals surface area contributed by atoms with E-state index in [-0.39, 0.29) is 18.2 Å². The molecule has 0 fully saturated rings. The molecule has 1 amide bonds. The van der Waals surface area contributed by atoms with Crippen LogP contribution in [0, 0.1) is 6.92 Å². The van der Waals surface area contributed by atoms with Crippen molar-refractivity contribution in [2.75, 3.05) is 11.9 Å². The second kappa shape index (κ2) is 8.64. The van der Waals surface area contributed by atoms with Crippen molar-refractivity contribution in [1.29, 1.82) is 0 Å². The van der Waals surface area contributed by atoms with E-state index in [1.807, 2.05) is 31.2 Å². The number of amides is 1. The van der Waals surface area contributed by atoms with Crippen molar-refractivity contribution in [2.45, 2.75) is 13.1 Å². The van der Waals surface area contributed by atoms with Crippen LogP contribution >= 0.6 is 0 Å². The number of alkyl halides is 3. The molecule has 1 heterocycles. The molecule has 3 rings (SSSR count). The Morgan fingerprint density at radius 3 is 2.59 bits per heavy atom. The summed E-state index contributed by atoms with van der Waals surface area (Å²) in [7, 11) is 0. The van der Waals surface area contributed by atoms with Gasteiger partial charge in [0.2, 0.25) is 0 Å². The third-order valence-corrected chi connectivity index (χ3v) is 3.99. The Balaban J connectivity index is 1.55. The van der Waals surface area contributed by atoms with Crippen LogP contribution in [-0.2, 0) is 11.0 Å². The van der Waals surface area contributed by atoms with E-state index in [4.69, 9.17) is 4.42 Å². The van der Waals surface area contributed by atoms with Gasteiger partial charge in [0, 0.05) is 11.3 Å². The summed E-state index contributed by atoms with van der Waals surface area (Å²) in [5, 5.41) is 6.76. The Morgan fingerprint density at radius 2 is 1.86 bits per heavy atom. The molecule has 0 aliphatic carbocycles. The highest BCUT2D eigenvalue weighted by molar-refractivity contribution is 5.83. The number of hydrogen-bond donors (Lipinski definition) is 2. The highest BCUT2D eigenvalue weighted by Crippen LogP contribution is 2.32. The van der Waals surface area contributed by atoms with E-state index in [9.17, 15) is 18.0 Å². The van der Waals surface area contributed by atoms with E-state index in [0.29, 0.717) is 11.3 Å². The Morgan fingerprint density at radius 1 is 1.10 bits per heavy atom. The first-order chi connectivity index (χ1) is 13.8. The van der Waals surface area contributed by atoms with E-state index in [1.54, 1.807) is 6.07 Å². The van der Waals surface area contributed by atoms with Crippen LogP contribution in [0.2, 0.25) is 0 Å². The SMILES string of the molecule is Cc1ccc(NCC(=O)N/N=C/c2ccc(-c3cccc(C(F)(F)F)c3)o2)cc1. The number of carbonyl (C=O) groups is 1. The monoisotopic (exact) mass is 401 g/mol. The molecule has 5 nitrogen and oxygen atoms in total. The third kappa shape index (κ3) is 5.71. The summed E-state index contributed by atoms with van der Waals surface area (Å²) in [5.41, 5.74) is 3.82. The van der Waals surface area contributed by atoms with Crippen molar-refractivity contribution in [2.24, 2.45) is 5.10 Å². The lowest BCUT2D eigenvalue weighted by atomic mass is 10.1. The fourth-order valence-corrected chi connectivity index (χ4v) is 2.49. The maximum Gasteiger partial charge on any atom is 0.416 e. The molecule has 0 aliphatic rings. The van der Waals surface area contributed by atoms with Crippen LogP contribution in [0.5, 0.6) is 0 Å². The maximum atomic E-state index is 12.8. The van der Waals surface area contributed by atoms with Gasteiger partial charge >= 0.3 is 6.18 Å². The number of nitrogens with zero attached hydrogens (tertiary/aromatic N) is 1. The molecule has 0 unspecified atom stereocenters. The molecule has 2 aromatic carbocycles. The lowest BCUT2D eigenvalue weighted by Gasteiger charge is -2.07. The molecule has 150 valence electrons. The zero-order valence-electron chi connectivity index (χ0n) is 15.5. The van der Waals surface area contributed by atoms with Crippen LogP contribution in [-0.4, -0.2) is 18.7 Å². The molecule has 3 aromatic rings. The number of furan rings is 1. The van der Waals surface area contributed by atoms with Gasteiger partial charge in [-0.25, -0.2) is 5.43 Å². The summed E-state index contributed by atoms with van der Waals surface area (Å²) >= 11 is 0. The van der Waals surface area contributed by atoms with E-state index < -0.39 is 11.7 Å². The standard InChI is InChI=1S/C21H18F3N3O2/c1-14-5-7-17(8-6-14)25-13-20(28)27-26-12-18-9-10-19(29-18)15-3-2-4-16(11-15)21(22,23)24/h2-12,25H,13H2,1H3,(H,27,28)/b26-12+. The fraction of sp³-hybridized carbons (Fsp3) is 0.143. The van der Waals surface area contributed by atoms with Gasteiger partial charge in [0.25, 0.3) is 5.91 Å². The van der Waals surface area contributed by atoms with Crippen LogP contribution < -0.4 is 10.7 Å². The highest BCUT2D eigenvalue weighted by Gasteiger charge is 2.30. The lowest BCUT2D eigenvalue weighted by Crippen LogP contribution is -2.25. The van der Waals surface area contributed by atoms with E-state index >= 15 is 0 Å². The van der Waals surface area contributed by atoms with E-state index in [1.165, 1.54) is 24.4 Å². The second-order valence-electron chi connectivity index (χ2n) is 6.29. The van der Waals surface area contributed by atoms with Gasteiger partial charge in [-0.1, -0.05) is 29.8 Å². The highest BCUT2D eigenvalue weighted by atomic mass is 19.4. The number of rotatable bonds is 6. The molecule has 1 aromatic heterocycles. The molecule has 2 N–H and O–H groups in total. The van der Waals surface area contributed by atoms with Gasteiger partial charge < -0.3 is 9.73 Å². The fourth-order valence-electron chi connectivity index (χ4n) is 2.49. The number of aryl methyl sites for hydroxylation is 1. The smallest absolute Gasteiger partial charge is 0.416 e. The number of carbonyl (C=O) groups excluding carboxylic acids is 1. The second-order valence-corrected chi connectivity index (χ2v) is 6.29. The Hall–Kier alpha value is -3.55. The number of benzene rings is 2. The average molecular weight is 401 g/mol. The van der Waals surface area contributed by atoms with Crippen LogP contribution in [0.15, 0.2) is 70.2 Å². The van der Waals surface area contributed by atoms with Gasteiger partial charge in [0.1, 0.15) is 11.5 Å². The third-order valence-electron chi connectivity index (χ3n) is 3.99.